The fourth-order valence-electron chi connectivity index (χ4n) is 0.318. The molecule has 2 atom stereocenters. The lowest BCUT2D eigenvalue weighted by atomic mass is 10.6. The van der Waals surface area contributed by atoms with E-state index < -0.39 is 16.3 Å². The van der Waals surface area contributed by atoms with Crippen LogP contribution in [0.15, 0.2) is 12.2 Å². The largest absolute Gasteiger partial charge is 0.870 e. The summed E-state index contributed by atoms with van der Waals surface area (Å²) in [5.41, 5.74) is 0. The van der Waals surface area contributed by atoms with E-state index in [0.717, 1.165) is 0 Å². The van der Waals surface area contributed by atoms with E-state index in [0.29, 0.717) is 0 Å². The molecule has 0 amide bonds. The molecule has 0 radical (unpaired) electrons. The van der Waals surface area contributed by atoms with E-state index in [4.69, 9.17) is 0 Å². The molecule has 0 spiro atoms. The minimum atomic E-state index is -2.22. The van der Waals surface area contributed by atoms with Crippen LogP contribution in [0.5, 0.6) is 0 Å². The van der Waals surface area contributed by atoms with Gasteiger partial charge in [0.2, 0.25) is 0 Å². The van der Waals surface area contributed by atoms with Crippen LogP contribution in [0.1, 0.15) is 6.92 Å². The van der Waals surface area contributed by atoms with Crippen molar-refractivity contribution in [3.8, 4) is 0 Å². The zero-order valence-electron chi connectivity index (χ0n) is 7.34. The molecule has 13 heavy (non-hydrogen) atoms. The lowest BCUT2D eigenvalue weighted by molar-refractivity contribution is 0.321. The zero-order chi connectivity index (χ0) is 8.69. The monoisotopic (exact) mass is 231 g/mol. The molecule has 0 aliphatic rings. The molecule has 2 unspecified atom stereocenters. The molecule has 0 aromatic rings. The summed E-state index contributed by atoms with van der Waals surface area (Å²) in [6, 6.07) is 0. The summed E-state index contributed by atoms with van der Waals surface area (Å²) in [5, 5.41) is 0. The summed E-state index contributed by atoms with van der Waals surface area (Å²) >= 11 is 0. The first-order valence-electron chi connectivity index (χ1n) is 2.97. The van der Waals surface area contributed by atoms with Gasteiger partial charge in [-0.05, 0) is 11.5 Å². The lowest BCUT2D eigenvalue weighted by Gasteiger charge is -1.76. The molecular formula is C5H13O6P2+. The highest BCUT2D eigenvalue weighted by atomic mass is 31.2. The molecule has 0 aromatic carbocycles. The molecule has 0 rings (SSSR count). The third-order valence-corrected chi connectivity index (χ3v) is 2.51. The third-order valence-electron chi connectivity index (χ3n) is 0.694. The summed E-state index contributed by atoms with van der Waals surface area (Å²) in [6.07, 6.45) is 3.44. The first-order valence-corrected chi connectivity index (χ1v) is 5.69. The van der Waals surface area contributed by atoms with Crippen LogP contribution >= 0.6 is 16.3 Å². The van der Waals surface area contributed by atoms with Crippen LogP contribution in [0.3, 0.4) is 0 Å². The Hall–Kier alpha value is -0.220. The van der Waals surface area contributed by atoms with Gasteiger partial charge in [-0.3, -0.25) is 0 Å². The maximum absolute atomic E-state index is 10.6. The highest BCUT2D eigenvalue weighted by molar-refractivity contribution is 7.50. The number of hydrogen-bond acceptors (Lipinski definition) is 5. The van der Waals surface area contributed by atoms with Crippen molar-refractivity contribution in [2.24, 2.45) is 0 Å². The Morgan fingerprint density at radius 2 is 1.92 bits per heavy atom. The second-order valence-electron chi connectivity index (χ2n) is 1.61. The van der Waals surface area contributed by atoms with Crippen molar-refractivity contribution in [1.29, 1.82) is 0 Å². The molecule has 0 saturated carbocycles. The Morgan fingerprint density at radius 1 is 1.38 bits per heavy atom. The van der Waals surface area contributed by atoms with Crippen molar-refractivity contribution in [3.05, 3.63) is 12.2 Å². The van der Waals surface area contributed by atoms with E-state index in [2.05, 4.69) is 8.83 Å². The quantitative estimate of drug-likeness (QED) is 0.526. The van der Waals surface area contributed by atoms with E-state index in [9.17, 15) is 9.13 Å². The molecule has 8 heteroatoms. The van der Waals surface area contributed by atoms with Gasteiger partial charge in [0, 0.05) is 4.57 Å². The van der Waals surface area contributed by atoms with Gasteiger partial charge in [-0.1, -0.05) is 12.2 Å². The fraction of sp³-hybridized carbons (Fsp3) is 0.600. The van der Waals surface area contributed by atoms with Crippen molar-refractivity contribution < 1.29 is 28.9 Å². The smallest absolute Gasteiger partial charge is 0.745 e. The summed E-state index contributed by atoms with van der Waals surface area (Å²) in [7, 11) is -4.06. The Bertz CT molecular complexity index is 180. The number of hydrogen-bond donors (Lipinski definition) is 0. The van der Waals surface area contributed by atoms with Crippen molar-refractivity contribution in [2.45, 2.75) is 6.92 Å². The predicted octanol–water partition coefficient (Wildman–Crippen LogP) is 1.62. The van der Waals surface area contributed by atoms with Crippen LogP contribution in [-0.2, 0) is 18.0 Å². The van der Waals surface area contributed by atoms with Crippen LogP contribution < -0.4 is 0 Å². The lowest BCUT2D eigenvalue weighted by Crippen LogP contribution is -1.79. The fourth-order valence-corrected chi connectivity index (χ4v) is 1.46. The Kier molecular flexibility index (Phi) is 16.8. The van der Waals surface area contributed by atoms with Crippen molar-refractivity contribution in [2.75, 3.05) is 13.3 Å². The van der Waals surface area contributed by atoms with E-state index in [1.54, 1.807) is 12.2 Å². The molecule has 0 saturated heterocycles. The van der Waals surface area contributed by atoms with Crippen LogP contribution in [0.2, 0.25) is 0 Å². The van der Waals surface area contributed by atoms with Gasteiger partial charge < -0.3 is 11.0 Å². The summed E-state index contributed by atoms with van der Waals surface area (Å²) in [4.78, 5) is 0. The standard InChI is InChI=1S/C5H10O4P2.2H2O/c1-3-4-5-8-11(7)9-10(2)6;;/h3-4H,5H2,1-2H3;2*1H2/q+2;;/p-1/b4-3+;;. The molecule has 0 aromatic heterocycles. The van der Waals surface area contributed by atoms with Gasteiger partial charge in [0.05, 0.1) is 0 Å². The van der Waals surface area contributed by atoms with Crippen molar-refractivity contribution in [3.63, 3.8) is 0 Å². The molecule has 0 aliphatic carbocycles. The highest BCUT2D eigenvalue weighted by Crippen LogP contribution is 2.35. The van der Waals surface area contributed by atoms with Gasteiger partial charge in [0.25, 0.3) is 0 Å². The van der Waals surface area contributed by atoms with Gasteiger partial charge in [-0.15, -0.1) is 4.52 Å². The van der Waals surface area contributed by atoms with Crippen LogP contribution in [0.25, 0.3) is 0 Å². The summed E-state index contributed by atoms with van der Waals surface area (Å²) in [6.45, 7) is 3.36. The van der Waals surface area contributed by atoms with Gasteiger partial charge in [-0.25, -0.2) is 0 Å². The zero-order valence-corrected chi connectivity index (χ0v) is 9.13. The molecule has 0 bridgehead atoms. The molecule has 6 nitrogen and oxygen atoms in total. The van der Waals surface area contributed by atoms with E-state index in [1.807, 2.05) is 6.92 Å². The van der Waals surface area contributed by atoms with Gasteiger partial charge >= 0.3 is 16.3 Å². The maximum atomic E-state index is 10.6. The summed E-state index contributed by atoms with van der Waals surface area (Å²) < 4.78 is 29.9. The third kappa shape index (κ3) is 14.6. The average Bonchev–Trinajstić information content (AvgIpc) is 1.86. The van der Waals surface area contributed by atoms with Crippen LogP contribution in [0, 0.1) is 0 Å². The van der Waals surface area contributed by atoms with Crippen molar-refractivity contribution >= 4 is 16.3 Å². The van der Waals surface area contributed by atoms with Gasteiger partial charge in [0.1, 0.15) is 10.9 Å². The van der Waals surface area contributed by atoms with Gasteiger partial charge in [-0.2, -0.15) is 0 Å². The van der Waals surface area contributed by atoms with Crippen LogP contribution in [0.4, 0.5) is 0 Å². The first kappa shape index (κ1) is 18.5. The minimum Gasteiger partial charge on any atom is -0.870 e. The number of rotatable bonds is 5. The normalized spacial score (nSPS) is 11.5. The SMILES string of the molecule is C/C=C/CO[P+](=O)O[P+](C)=O.O.[OH-]. The molecule has 3 N–H and O–H groups in total. The predicted molar refractivity (Wildman–Crippen MR) is 48.5 cm³/mol. The highest BCUT2D eigenvalue weighted by Gasteiger charge is 2.32. The Balaban J connectivity index is -0.000000500. The topological polar surface area (TPSA) is 114 Å². The van der Waals surface area contributed by atoms with E-state index >= 15 is 0 Å². The Morgan fingerprint density at radius 3 is 2.31 bits per heavy atom. The van der Waals surface area contributed by atoms with E-state index in [-0.39, 0.29) is 17.6 Å². The average molecular weight is 231 g/mol. The van der Waals surface area contributed by atoms with E-state index in [1.165, 1.54) is 6.66 Å². The number of allylic oxidation sites excluding steroid dienone is 1. The van der Waals surface area contributed by atoms with Crippen molar-refractivity contribution in [1.82, 2.24) is 0 Å². The van der Waals surface area contributed by atoms with Gasteiger partial charge in [0.15, 0.2) is 6.66 Å². The molecule has 0 aliphatic heterocycles. The minimum absolute atomic E-state index is 0. The molecule has 0 fully saturated rings. The molecule has 0 heterocycles. The Labute approximate surface area is 78.4 Å². The van der Waals surface area contributed by atoms with Crippen LogP contribution in [-0.4, -0.2) is 24.2 Å². The molecular weight excluding hydrogens is 218 g/mol. The molecule has 78 valence electrons. The summed E-state index contributed by atoms with van der Waals surface area (Å²) in [5.74, 6) is 0. The second kappa shape index (κ2) is 11.8. The second-order valence-corrected chi connectivity index (χ2v) is 3.85. The maximum Gasteiger partial charge on any atom is 0.745 e. The first-order chi connectivity index (χ1) is 5.16.